The van der Waals surface area contributed by atoms with Gasteiger partial charge in [0, 0.05) is 23.3 Å². The summed E-state index contributed by atoms with van der Waals surface area (Å²) >= 11 is 0. The van der Waals surface area contributed by atoms with E-state index in [0.717, 1.165) is 17.0 Å². The summed E-state index contributed by atoms with van der Waals surface area (Å²) in [6.07, 6.45) is 3.60. The SMILES string of the molecule is Cc1c(-c2ncc[nH]2)[nH]c2ccccc12. The number of para-hydroxylation sites is 1. The van der Waals surface area contributed by atoms with Crippen molar-refractivity contribution in [2.24, 2.45) is 0 Å². The number of rotatable bonds is 1. The van der Waals surface area contributed by atoms with Gasteiger partial charge in [-0.1, -0.05) is 18.2 Å². The molecule has 0 bridgehead atoms. The first-order valence-corrected chi connectivity index (χ1v) is 4.93. The fraction of sp³-hybridized carbons (Fsp3) is 0.0833. The molecule has 0 aliphatic heterocycles. The summed E-state index contributed by atoms with van der Waals surface area (Å²) in [5, 5.41) is 1.25. The van der Waals surface area contributed by atoms with Crippen LogP contribution in [0.1, 0.15) is 5.56 Å². The summed E-state index contributed by atoms with van der Waals surface area (Å²) in [5.74, 6) is 0.892. The molecule has 3 aromatic rings. The highest BCUT2D eigenvalue weighted by molar-refractivity contribution is 5.89. The Bertz CT molecular complexity index is 590. The second-order valence-corrected chi connectivity index (χ2v) is 3.61. The van der Waals surface area contributed by atoms with E-state index < -0.39 is 0 Å². The van der Waals surface area contributed by atoms with Gasteiger partial charge in [-0.05, 0) is 18.6 Å². The van der Waals surface area contributed by atoms with Gasteiger partial charge in [0.2, 0.25) is 0 Å². The summed E-state index contributed by atoms with van der Waals surface area (Å²) in [5.41, 5.74) is 3.46. The first-order chi connectivity index (χ1) is 7.36. The van der Waals surface area contributed by atoms with E-state index in [1.54, 1.807) is 6.20 Å². The van der Waals surface area contributed by atoms with Crippen LogP contribution in [0.3, 0.4) is 0 Å². The number of aromatic nitrogens is 3. The highest BCUT2D eigenvalue weighted by Gasteiger charge is 2.09. The number of aromatic amines is 2. The Labute approximate surface area is 87.2 Å². The van der Waals surface area contributed by atoms with Gasteiger partial charge in [-0.15, -0.1) is 0 Å². The van der Waals surface area contributed by atoms with Crippen molar-refractivity contribution in [2.75, 3.05) is 0 Å². The van der Waals surface area contributed by atoms with Crippen LogP contribution in [0.25, 0.3) is 22.4 Å². The average molecular weight is 197 g/mol. The lowest BCUT2D eigenvalue weighted by molar-refractivity contribution is 1.25. The minimum atomic E-state index is 0.892. The van der Waals surface area contributed by atoms with E-state index in [-0.39, 0.29) is 0 Å². The number of hydrogen-bond acceptors (Lipinski definition) is 1. The van der Waals surface area contributed by atoms with Gasteiger partial charge in [0.25, 0.3) is 0 Å². The van der Waals surface area contributed by atoms with Gasteiger partial charge < -0.3 is 9.97 Å². The zero-order chi connectivity index (χ0) is 10.3. The van der Waals surface area contributed by atoms with Crippen molar-refractivity contribution in [2.45, 2.75) is 6.92 Å². The average Bonchev–Trinajstić information content (AvgIpc) is 2.87. The van der Waals surface area contributed by atoms with E-state index in [4.69, 9.17) is 0 Å². The lowest BCUT2D eigenvalue weighted by Gasteiger charge is -1.93. The van der Waals surface area contributed by atoms with Crippen LogP contribution in [0.2, 0.25) is 0 Å². The standard InChI is InChI=1S/C12H11N3/c1-8-9-4-2-3-5-10(9)15-11(8)12-13-6-7-14-12/h2-7,15H,1H3,(H,13,14). The number of nitrogens with zero attached hydrogens (tertiary/aromatic N) is 1. The van der Waals surface area contributed by atoms with Crippen LogP contribution >= 0.6 is 0 Å². The van der Waals surface area contributed by atoms with Crippen LogP contribution in [0.15, 0.2) is 36.7 Å². The lowest BCUT2D eigenvalue weighted by Crippen LogP contribution is -1.82. The van der Waals surface area contributed by atoms with Crippen molar-refractivity contribution in [3.63, 3.8) is 0 Å². The molecule has 2 N–H and O–H groups in total. The van der Waals surface area contributed by atoms with Gasteiger partial charge in [-0.25, -0.2) is 4.98 Å². The van der Waals surface area contributed by atoms with Crippen molar-refractivity contribution in [3.8, 4) is 11.5 Å². The Morgan fingerprint density at radius 2 is 2.07 bits per heavy atom. The van der Waals surface area contributed by atoms with Gasteiger partial charge in [-0.2, -0.15) is 0 Å². The minimum Gasteiger partial charge on any atom is -0.352 e. The molecule has 0 radical (unpaired) electrons. The number of fused-ring (bicyclic) bond motifs is 1. The maximum absolute atomic E-state index is 4.26. The van der Waals surface area contributed by atoms with Crippen LogP contribution in [0.5, 0.6) is 0 Å². The summed E-state index contributed by atoms with van der Waals surface area (Å²) in [7, 11) is 0. The summed E-state index contributed by atoms with van der Waals surface area (Å²) in [4.78, 5) is 10.7. The van der Waals surface area contributed by atoms with E-state index in [0.29, 0.717) is 0 Å². The fourth-order valence-corrected chi connectivity index (χ4v) is 1.92. The van der Waals surface area contributed by atoms with E-state index >= 15 is 0 Å². The molecular weight excluding hydrogens is 186 g/mol. The van der Waals surface area contributed by atoms with E-state index in [2.05, 4.69) is 40.1 Å². The van der Waals surface area contributed by atoms with Crippen molar-refractivity contribution in [1.82, 2.24) is 15.0 Å². The molecule has 3 heteroatoms. The topological polar surface area (TPSA) is 44.5 Å². The molecule has 0 spiro atoms. The molecule has 3 rings (SSSR count). The van der Waals surface area contributed by atoms with E-state index in [1.165, 1.54) is 10.9 Å². The number of hydrogen-bond donors (Lipinski definition) is 2. The first kappa shape index (κ1) is 8.29. The Morgan fingerprint density at radius 3 is 2.80 bits per heavy atom. The van der Waals surface area contributed by atoms with Crippen molar-refractivity contribution in [3.05, 3.63) is 42.2 Å². The van der Waals surface area contributed by atoms with Crippen LogP contribution in [-0.2, 0) is 0 Å². The molecule has 0 amide bonds. The zero-order valence-electron chi connectivity index (χ0n) is 8.41. The lowest BCUT2D eigenvalue weighted by atomic mass is 10.1. The Kier molecular flexibility index (Phi) is 1.65. The molecule has 0 saturated heterocycles. The fourth-order valence-electron chi connectivity index (χ4n) is 1.92. The molecule has 0 saturated carbocycles. The van der Waals surface area contributed by atoms with E-state index in [9.17, 15) is 0 Å². The molecule has 2 aromatic heterocycles. The molecule has 0 aliphatic rings. The first-order valence-electron chi connectivity index (χ1n) is 4.93. The van der Waals surface area contributed by atoms with Crippen LogP contribution in [0.4, 0.5) is 0 Å². The summed E-state index contributed by atoms with van der Waals surface area (Å²) in [6.45, 7) is 2.11. The molecule has 0 atom stereocenters. The second kappa shape index (κ2) is 2.98. The van der Waals surface area contributed by atoms with E-state index in [1.807, 2.05) is 12.3 Å². The third-order valence-electron chi connectivity index (χ3n) is 2.70. The number of H-pyrrole nitrogens is 2. The zero-order valence-corrected chi connectivity index (χ0v) is 8.41. The molecule has 0 aliphatic carbocycles. The predicted octanol–water partition coefficient (Wildman–Crippen LogP) is 2.87. The molecule has 0 fully saturated rings. The minimum absolute atomic E-state index is 0.892. The normalized spacial score (nSPS) is 11.0. The largest absolute Gasteiger partial charge is 0.352 e. The van der Waals surface area contributed by atoms with Gasteiger partial charge in [0.1, 0.15) is 0 Å². The van der Waals surface area contributed by atoms with Crippen LogP contribution in [-0.4, -0.2) is 15.0 Å². The maximum atomic E-state index is 4.26. The third kappa shape index (κ3) is 1.16. The second-order valence-electron chi connectivity index (χ2n) is 3.61. The number of aryl methyl sites for hydroxylation is 1. The monoisotopic (exact) mass is 197 g/mol. The molecule has 1 aromatic carbocycles. The molecule has 2 heterocycles. The summed E-state index contributed by atoms with van der Waals surface area (Å²) in [6, 6.07) is 8.28. The molecular formula is C12H11N3. The molecule has 0 unspecified atom stereocenters. The number of benzene rings is 1. The quantitative estimate of drug-likeness (QED) is 0.619. The summed E-state index contributed by atoms with van der Waals surface area (Å²) < 4.78 is 0. The third-order valence-corrected chi connectivity index (χ3v) is 2.70. The smallest absolute Gasteiger partial charge is 0.154 e. The Morgan fingerprint density at radius 1 is 1.20 bits per heavy atom. The van der Waals surface area contributed by atoms with Crippen LogP contribution in [0, 0.1) is 6.92 Å². The van der Waals surface area contributed by atoms with Gasteiger partial charge in [0.05, 0.1) is 5.69 Å². The van der Waals surface area contributed by atoms with Gasteiger partial charge in [-0.3, -0.25) is 0 Å². The molecule has 74 valence electrons. The van der Waals surface area contributed by atoms with Gasteiger partial charge in [0.15, 0.2) is 5.82 Å². The predicted molar refractivity (Wildman–Crippen MR) is 60.6 cm³/mol. The van der Waals surface area contributed by atoms with Crippen molar-refractivity contribution in [1.29, 1.82) is 0 Å². The Balaban J connectivity index is 2.33. The molecule has 3 nitrogen and oxygen atoms in total. The Hall–Kier alpha value is -2.03. The van der Waals surface area contributed by atoms with Crippen molar-refractivity contribution >= 4 is 10.9 Å². The number of nitrogens with one attached hydrogen (secondary N) is 2. The highest BCUT2D eigenvalue weighted by atomic mass is 14.9. The highest BCUT2D eigenvalue weighted by Crippen LogP contribution is 2.26. The van der Waals surface area contributed by atoms with Gasteiger partial charge >= 0.3 is 0 Å². The van der Waals surface area contributed by atoms with Crippen LogP contribution < -0.4 is 0 Å². The maximum Gasteiger partial charge on any atom is 0.154 e. The molecule has 15 heavy (non-hydrogen) atoms. The van der Waals surface area contributed by atoms with Crippen molar-refractivity contribution < 1.29 is 0 Å². The number of imidazole rings is 1.